The number of aliphatic carboxylic acids is 1. The summed E-state index contributed by atoms with van der Waals surface area (Å²) in [5.74, 6) is -0.282. The highest BCUT2D eigenvalue weighted by atomic mass is 16.4. The average Bonchev–Trinajstić information content (AvgIpc) is 2.65. The van der Waals surface area contributed by atoms with Crippen molar-refractivity contribution in [1.29, 1.82) is 0 Å². The first-order valence-electron chi connectivity index (χ1n) is 10.3. The van der Waals surface area contributed by atoms with Gasteiger partial charge >= 0.3 is 5.97 Å². The molecule has 0 saturated carbocycles. The van der Waals surface area contributed by atoms with Gasteiger partial charge in [0.2, 0.25) is 5.91 Å². The van der Waals surface area contributed by atoms with E-state index < -0.39 is 5.97 Å². The van der Waals surface area contributed by atoms with Crippen molar-refractivity contribution in [2.24, 2.45) is 11.8 Å². The van der Waals surface area contributed by atoms with E-state index in [1.165, 1.54) is 11.1 Å². The van der Waals surface area contributed by atoms with E-state index in [1.54, 1.807) is 0 Å². The maximum absolute atomic E-state index is 12.5. The van der Waals surface area contributed by atoms with Gasteiger partial charge in [-0.1, -0.05) is 26.0 Å². The van der Waals surface area contributed by atoms with Crippen molar-refractivity contribution < 1.29 is 14.7 Å². The molecule has 1 N–H and O–H groups in total. The van der Waals surface area contributed by atoms with Crippen LogP contribution in [-0.2, 0) is 22.4 Å². The first-order valence-corrected chi connectivity index (χ1v) is 10.3. The summed E-state index contributed by atoms with van der Waals surface area (Å²) in [5.41, 5.74) is 3.64. The number of benzene rings is 1. The van der Waals surface area contributed by atoms with Crippen molar-refractivity contribution in [2.45, 2.75) is 52.4 Å². The molecule has 148 valence electrons. The molecule has 0 spiro atoms. The SMILES string of the molecule is CC(C)CC(=O)N1CCCc2cc(CCN3CCCC(C(=O)O)C3)ccc21. The number of carboxylic acid groups (broad SMARTS) is 1. The fourth-order valence-corrected chi connectivity index (χ4v) is 4.27. The van der Waals surface area contributed by atoms with Gasteiger partial charge in [-0.15, -0.1) is 0 Å². The molecule has 1 unspecified atom stereocenters. The first-order chi connectivity index (χ1) is 12.9. The molecule has 2 aliphatic heterocycles. The molecular formula is C22H32N2O3. The molecule has 1 atom stereocenters. The van der Waals surface area contributed by atoms with Crippen LogP contribution < -0.4 is 4.90 Å². The van der Waals surface area contributed by atoms with Crippen molar-refractivity contribution >= 4 is 17.6 Å². The molecule has 27 heavy (non-hydrogen) atoms. The highest BCUT2D eigenvalue weighted by Crippen LogP contribution is 2.29. The second-order valence-corrected chi connectivity index (χ2v) is 8.44. The number of carbonyl (C=O) groups is 2. The summed E-state index contributed by atoms with van der Waals surface area (Å²) < 4.78 is 0. The fraction of sp³-hybridized carbons (Fsp3) is 0.636. The van der Waals surface area contributed by atoms with Crippen LogP contribution in [0.5, 0.6) is 0 Å². The lowest BCUT2D eigenvalue weighted by atomic mass is 9.96. The molecular weight excluding hydrogens is 340 g/mol. The minimum Gasteiger partial charge on any atom is -0.481 e. The summed E-state index contributed by atoms with van der Waals surface area (Å²) in [5, 5.41) is 9.24. The zero-order valence-corrected chi connectivity index (χ0v) is 16.6. The van der Waals surface area contributed by atoms with E-state index in [0.29, 0.717) is 18.9 Å². The number of hydrogen-bond acceptors (Lipinski definition) is 3. The number of fused-ring (bicyclic) bond motifs is 1. The largest absolute Gasteiger partial charge is 0.481 e. The molecule has 1 aromatic carbocycles. The van der Waals surface area contributed by atoms with Crippen LogP contribution in [0.3, 0.4) is 0 Å². The van der Waals surface area contributed by atoms with Gasteiger partial charge in [-0.25, -0.2) is 0 Å². The Labute approximate surface area is 162 Å². The summed E-state index contributed by atoms with van der Waals surface area (Å²) in [6, 6.07) is 6.50. The van der Waals surface area contributed by atoms with E-state index in [0.717, 1.165) is 57.4 Å². The summed E-state index contributed by atoms with van der Waals surface area (Å²) in [4.78, 5) is 28.0. The molecule has 5 heteroatoms. The molecule has 1 amide bonds. The second kappa shape index (κ2) is 8.87. The number of carbonyl (C=O) groups excluding carboxylic acids is 1. The summed E-state index contributed by atoms with van der Waals surface area (Å²) >= 11 is 0. The maximum atomic E-state index is 12.5. The van der Waals surface area contributed by atoms with E-state index in [-0.39, 0.29) is 11.8 Å². The lowest BCUT2D eigenvalue weighted by Crippen LogP contribution is -2.39. The Morgan fingerprint density at radius 2 is 2.04 bits per heavy atom. The molecule has 0 aromatic heterocycles. The number of aryl methyl sites for hydroxylation is 1. The Bertz CT molecular complexity index is 686. The van der Waals surface area contributed by atoms with Gasteiger partial charge in [-0.3, -0.25) is 9.59 Å². The van der Waals surface area contributed by atoms with Gasteiger partial charge in [0.25, 0.3) is 0 Å². The summed E-state index contributed by atoms with van der Waals surface area (Å²) in [7, 11) is 0. The molecule has 3 rings (SSSR count). The Morgan fingerprint density at radius 1 is 1.22 bits per heavy atom. The second-order valence-electron chi connectivity index (χ2n) is 8.44. The van der Waals surface area contributed by atoms with Gasteiger partial charge in [-0.05, 0) is 61.8 Å². The lowest BCUT2D eigenvalue weighted by Gasteiger charge is -2.32. The highest BCUT2D eigenvalue weighted by Gasteiger charge is 2.26. The molecule has 5 nitrogen and oxygen atoms in total. The first kappa shape index (κ1) is 19.9. The van der Waals surface area contributed by atoms with E-state index in [9.17, 15) is 14.7 Å². The number of hydrogen-bond donors (Lipinski definition) is 1. The predicted octanol–water partition coefficient (Wildman–Crippen LogP) is 3.35. The molecule has 1 aromatic rings. The van der Waals surface area contributed by atoms with Crippen LogP contribution in [0.15, 0.2) is 18.2 Å². The van der Waals surface area contributed by atoms with E-state index in [4.69, 9.17) is 0 Å². The van der Waals surface area contributed by atoms with Gasteiger partial charge in [-0.2, -0.15) is 0 Å². The number of nitrogens with zero attached hydrogens (tertiary/aromatic N) is 2. The van der Waals surface area contributed by atoms with Gasteiger partial charge in [0.05, 0.1) is 5.92 Å². The Kier molecular flexibility index (Phi) is 6.53. The lowest BCUT2D eigenvalue weighted by molar-refractivity contribution is -0.143. The number of carboxylic acids is 1. The quantitative estimate of drug-likeness (QED) is 0.832. The minimum atomic E-state index is -0.667. The third-order valence-corrected chi connectivity index (χ3v) is 5.72. The van der Waals surface area contributed by atoms with Crippen LogP contribution in [0.1, 0.15) is 50.7 Å². The number of amides is 1. The topological polar surface area (TPSA) is 60.9 Å². The highest BCUT2D eigenvalue weighted by molar-refractivity contribution is 5.94. The fourth-order valence-electron chi connectivity index (χ4n) is 4.27. The third-order valence-electron chi connectivity index (χ3n) is 5.72. The molecule has 1 fully saturated rings. The maximum Gasteiger partial charge on any atom is 0.307 e. The van der Waals surface area contributed by atoms with Crippen LogP contribution in [-0.4, -0.2) is 48.1 Å². The van der Waals surface area contributed by atoms with Crippen LogP contribution in [0.25, 0.3) is 0 Å². The summed E-state index contributed by atoms with van der Waals surface area (Å²) in [6.07, 6.45) is 5.34. The van der Waals surface area contributed by atoms with Gasteiger partial charge in [0.15, 0.2) is 0 Å². The monoisotopic (exact) mass is 372 g/mol. The van der Waals surface area contributed by atoms with Crippen LogP contribution in [0, 0.1) is 11.8 Å². The molecule has 2 heterocycles. The third kappa shape index (κ3) is 5.10. The normalized spacial score (nSPS) is 20.6. The number of rotatable bonds is 6. The zero-order chi connectivity index (χ0) is 19.4. The van der Waals surface area contributed by atoms with Crippen LogP contribution in [0.4, 0.5) is 5.69 Å². The Hall–Kier alpha value is -1.88. The van der Waals surface area contributed by atoms with Crippen molar-refractivity contribution in [3.05, 3.63) is 29.3 Å². The van der Waals surface area contributed by atoms with Gasteiger partial charge in [0, 0.05) is 31.7 Å². The van der Waals surface area contributed by atoms with Gasteiger partial charge < -0.3 is 14.9 Å². The van der Waals surface area contributed by atoms with E-state index in [1.807, 2.05) is 4.90 Å². The van der Waals surface area contributed by atoms with Crippen molar-refractivity contribution in [3.8, 4) is 0 Å². The molecule has 0 aliphatic carbocycles. The molecule has 0 radical (unpaired) electrons. The Balaban J connectivity index is 1.62. The average molecular weight is 373 g/mol. The molecule has 2 aliphatic rings. The smallest absolute Gasteiger partial charge is 0.307 e. The van der Waals surface area contributed by atoms with Crippen molar-refractivity contribution in [3.63, 3.8) is 0 Å². The van der Waals surface area contributed by atoms with Crippen LogP contribution in [0.2, 0.25) is 0 Å². The van der Waals surface area contributed by atoms with E-state index in [2.05, 4.69) is 36.9 Å². The van der Waals surface area contributed by atoms with E-state index >= 15 is 0 Å². The molecule has 0 bridgehead atoms. The predicted molar refractivity (Wildman–Crippen MR) is 107 cm³/mol. The minimum absolute atomic E-state index is 0.220. The molecule has 1 saturated heterocycles. The van der Waals surface area contributed by atoms with Crippen LogP contribution >= 0.6 is 0 Å². The number of likely N-dealkylation sites (tertiary alicyclic amines) is 1. The van der Waals surface area contributed by atoms with Crippen molar-refractivity contribution in [2.75, 3.05) is 31.1 Å². The standard InChI is InChI=1S/C22H32N2O3/c1-16(2)13-21(25)24-11-4-5-18-14-17(7-8-20(18)24)9-12-23-10-3-6-19(15-23)22(26)27/h7-8,14,16,19H,3-6,9-13,15H2,1-2H3,(H,26,27). The number of anilines is 1. The van der Waals surface area contributed by atoms with Crippen molar-refractivity contribution in [1.82, 2.24) is 4.90 Å². The van der Waals surface area contributed by atoms with Gasteiger partial charge in [0.1, 0.15) is 0 Å². The Morgan fingerprint density at radius 3 is 2.78 bits per heavy atom. The zero-order valence-electron chi connectivity index (χ0n) is 16.6. The number of piperidine rings is 1. The summed E-state index contributed by atoms with van der Waals surface area (Å²) in [6.45, 7) is 7.55.